The maximum absolute atomic E-state index is 11.4. The van der Waals surface area contributed by atoms with Gasteiger partial charge in [0.2, 0.25) is 0 Å². The van der Waals surface area contributed by atoms with E-state index in [2.05, 4.69) is 15.3 Å². The molecule has 16 heavy (non-hydrogen) atoms. The highest BCUT2D eigenvalue weighted by molar-refractivity contribution is 5.96. The van der Waals surface area contributed by atoms with Crippen molar-refractivity contribution in [2.45, 2.75) is 14.9 Å². The third kappa shape index (κ3) is 1.76. The number of rotatable bonds is 1. The zero-order valence-corrected chi connectivity index (χ0v) is 7.21. The van der Waals surface area contributed by atoms with Crippen molar-refractivity contribution in [3.63, 3.8) is 0 Å². The Bertz CT molecular complexity index is 569. The highest BCUT2D eigenvalue weighted by Crippen LogP contribution is 2.00. The molecule has 0 saturated carbocycles. The number of amides is 1. The van der Waals surface area contributed by atoms with Crippen molar-refractivity contribution in [3.05, 3.63) is 22.5 Å². The Morgan fingerprint density at radius 3 is 2.62 bits per heavy atom. The molecule has 2 heterocycles. The van der Waals surface area contributed by atoms with Gasteiger partial charge in [0, 0.05) is 7.05 Å². The molecular formula is C8H14N6O2. The van der Waals surface area contributed by atoms with Gasteiger partial charge in [0.05, 0.1) is 0 Å². The molecule has 0 saturated heterocycles. The van der Waals surface area contributed by atoms with Crippen LogP contribution in [0.3, 0.4) is 0 Å². The quantitative estimate of drug-likeness (QED) is 0.684. The zero-order chi connectivity index (χ0) is 10.3. The van der Waals surface area contributed by atoms with Gasteiger partial charge in [0.1, 0.15) is 6.33 Å². The molecule has 0 aromatic carbocycles. The van der Waals surface area contributed by atoms with Crippen LogP contribution in [0.5, 0.6) is 0 Å². The summed E-state index contributed by atoms with van der Waals surface area (Å²) < 4.78 is 2.13. The van der Waals surface area contributed by atoms with Crippen molar-refractivity contribution in [1.82, 2.24) is 24.4 Å². The average Bonchev–Trinajstić information content (AvgIpc) is 2.55. The zero-order valence-electron chi connectivity index (χ0n) is 7.21. The van der Waals surface area contributed by atoms with E-state index in [9.17, 15) is 9.59 Å². The van der Waals surface area contributed by atoms with Gasteiger partial charge in [-0.05, 0) is 0 Å². The molecule has 0 aliphatic heterocycles. The number of primary amides is 1. The summed E-state index contributed by atoms with van der Waals surface area (Å²) in [5.41, 5.74) is 4.60. The van der Waals surface area contributed by atoms with Gasteiger partial charge >= 0.3 is 5.69 Å². The number of nitrogens with two attached hydrogens (primary N) is 1. The Labute approximate surface area is 91.7 Å². The van der Waals surface area contributed by atoms with Crippen LogP contribution in [0.2, 0.25) is 0 Å². The van der Waals surface area contributed by atoms with Crippen LogP contribution in [0, 0.1) is 0 Å². The van der Waals surface area contributed by atoms with E-state index in [1.165, 1.54) is 13.4 Å². The number of fused-ring (bicyclic) bond motifs is 1. The predicted molar refractivity (Wildman–Crippen MR) is 58.0 cm³/mol. The first-order chi connectivity index (χ1) is 6.61. The second-order valence-corrected chi connectivity index (χ2v) is 2.65. The highest BCUT2D eigenvalue weighted by Gasteiger charge is 2.13. The fourth-order valence-corrected chi connectivity index (χ4v) is 1.05. The third-order valence-electron chi connectivity index (χ3n) is 1.73. The Balaban J connectivity index is 0.00000112. The Hall–Kier alpha value is -2.25. The summed E-state index contributed by atoms with van der Waals surface area (Å²) in [6.07, 6.45) is 1.19. The van der Waals surface area contributed by atoms with Gasteiger partial charge in [-0.3, -0.25) is 4.79 Å². The third-order valence-corrected chi connectivity index (χ3v) is 1.73. The number of carbonyl (C=O) groups excluding carboxylic acids is 1. The van der Waals surface area contributed by atoms with Crippen LogP contribution in [-0.4, -0.2) is 30.3 Å². The lowest BCUT2D eigenvalue weighted by atomic mass is 10.4. The molecule has 88 valence electrons. The topological polar surface area (TPSA) is 108 Å². The summed E-state index contributed by atoms with van der Waals surface area (Å²) in [7, 11) is 1.44. The van der Waals surface area contributed by atoms with E-state index < -0.39 is 11.6 Å². The van der Waals surface area contributed by atoms with E-state index >= 15 is 0 Å². The van der Waals surface area contributed by atoms with Crippen molar-refractivity contribution >= 4 is 11.6 Å². The Morgan fingerprint density at radius 2 is 2.06 bits per heavy atom. The Kier molecular flexibility index (Phi) is 3.88. The first kappa shape index (κ1) is 13.8. The lowest BCUT2D eigenvalue weighted by Crippen LogP contribution is -2.27. The molecule has 2 rings (SSSR count). The minimum Gasteiger partial charge on any atom is -0.364 e. The number of imidazole rings is 1. The highest BCUT2D eigenvalue weighted by atomic mass is 16.2. The van der Waals surface area contributed by atoms with Crippen LogP contribution in [0.15, 0.2) is 11.1 Å². The maximum Gasteiger partial charge on any atom is 0.352 e. The first-order valence-corrected chi connectivity index (χ1v) is 3.68. The van der Waals surface area contributed by atoms with E-state index in [4.69, 9.17) is 5.73 Å². The lowest BCUT2D eigenvalue weighted by Gasteiger charge is -1.95. The fourth-order valence-electron chi connectivity index (χ4n) is 1.05. The predicted octanol–water partition coefficient (Wildman–Crippen LogP) is -0.806. The number of carbonyl (C=O) groups is 1. The molecule has 8 heteroatoms. The Morgan fingerprint density at radius 1 is 1.44 bits per heavy atom. The minimum absolute atomic E-state index is 0. The van der Waals surface area contributed by atoms with E-state index in [1.54, 1.807) is 0 Å². The molecule has 0 aliphatic carbocycles. The summed E-state index contributed by atoms with van der Waals surface area (Å²) in [5, 5.41) is 7.14. The van der Waals surface area contributed by atoms with E-state index in [0.717, 1.165) is 9.08 Å². The summed E-state index contributed by atoms with van der Waals surface area (Å²) in [6, 6.07) is 0. The van der Waals surface area contributed by atoms with Crippen molar-refractivity contribution in [1.29, 1.82) is 0 Å². The van der Waals surface area contributed by atoms with Gasteiger partial charge in [-0.1, -0.05) is 20.1 Å². The smallest absolute Gasteiger partial charge is 0.352 e. The number of aromatic nitrogens is 5. The monoisotopic (exact) mass is 226 g/mol. The molecule has 0 bridgehead atoms. The standard InChI is InChI=1S/C6H6N6O2.2CH4/c1-11-6(14)12-2-8-3(4(7)13)5(12)9-10-11;;/h2H,1H3,(H2,7,13);2*1H4. The molecule has 8 nitrogen and oxygen atoms in total. The molecule has 0 unspecified atom stereocenters. The van der Waals surface area contributed by atoms with Crippen molar-refractivity contribution in [3.8, 4) is 0 Å². The van der Waals surface area contributed by atoms with Gasteiger partial charge in [0.25, 0.3) is 5.91 Å². The van der Waals surface area contributed by atoms with Gasteiger partial charge in [-0.15, -0.1) is 5.10 Å². The van der Waals surface area contributed by atoms with Crippen molar-refractivity contribution in [2.24, 2.45) is 12.8 Å². The van der Waals surface area contributed by atoms with Gasteiger partial charge in [-0.2, -0.15) is 4.68 Å². The number of hydrogen-bond acceptors (Lipinski definition) is 5. The first-order valence-electron chi connectivity index (χ1n) is 3.68. The number of aryl methyl sites for hydroxylation is 1. The van der Waals surface area contributed by atoms with Crippen molar-refractivity contribution < 1.29 is 4.79 Å². The van der Waals surface area contributed by atoms with Crippen molar-refractivity contribution in [2.75, 3.05) is 0 Å². The number of nitrogens with zero attached hydrogens (tertiary/aromatic N) is 5. The summed E-state index contributed by atoms with van der Waals surface area (Å²) >= 11 is 0. The van der Waals surface area contributed by atoms with Crippen LogP contribution < -0.4 is 11.4 Å². The molecule has 2 aromatic heterocycles. The summed E-state index contributed by atoms with van der Waals surface area (Å²) in [5.74, 6) is -0.741. The molecule has 0 aliphatic rings. The lowest BCUT2D eigenvalue weighted by molar-refractivity contribution is 0.0997. The molecule has 2 aromatic rings. The van der Waals surface area contributed by atoms with Gasteiger partial charge in [-0.25, -0.2) is 14.2 Å². The second-order valence-electron chi connectivity index (χ2n) is 2.65. The normalized spacial score (nSPS) is 9.31. The van der Waals surface area contributed by atoms with Gasteiger partial charge < -0.3 is 5.73 Å². The number of hydrogen-bond donors (Lipinski definition) is 1. The van der Waals surface area contributed by atoms with Crippen LogP contribution in [0.4, 0.5) is 0 Å². The van der Waals surface area contributed by atoms with E-state index in [0.29, 0.717) is 0 Å². The van der Waals surface area contributed by atoms with E-state index in [1.807, 2.05) is 0 Å². The molecule has 0 spiro atoms. The fraction of sp³-hybridized carbons (Fsp3) is 0.375. The molecular weight excluding hydrogens is 212 g/mol. The minimum atomic E-state index is -0.741. The summed E-state index contributed by atoms with van der Waals surface area (Å²) in [6.45, 7) is 0. The van der Waals surface area contributed by atoms with Crippen LogP contribution in [-0.2, 0) is 7.05 Å². The molecule has 1 amide bonds. The molecule has 0 atom stereocenters. The molecule has 2 N–H and O–H groups in total. The van der Waals surface area contributed by atoms with Crippen LogP contribution in [0.1, 0.15) is 25.3 Å². The SMILES string of the molecule is C.C.Cn1nnc2c(C(N)=O)ncn2c1=O. The van der Waals surface area contributed by atoms with Gasteiger partial charge in [0.15, 0.2) is 11.3 Å². The van der Waals surface area contributed by atoms with Crippen LogP contribution in [0.25, 0.3) is 5.65 Å². The second kappa shape index (κ2) is 4.51. The molecule has 0 radical (unpaired) electrons. The maximum atomic E-state index is 11.4. The van der Waals surface area contributed by atoms with Crippen LogP contribution >= 0.6 is 0 Å². The molecule has 0 fully saturated rings. The summed E-state index contributed by atoms with van der Waals surface area (Å²) in [4.78, 5) is 25.9. The average molecular weight is 226 g/mol. The van der Waals surface area contributed by atoms with E-state index in [-0.39, 0.29) is 26.2 Å². The largest absolute Gasteiger partial charge is 0.364 e.